The Morgan fingerprint density at radius 2 is 1.15 bits per heavy atom. The first kappa shape index (κ1) is 25.9. The summed E-state index contributed by atoms with van der Waals surface area (Å²) >= 11 is 0. The molecule has 0 aliphatic carbocycles. The molecule has 0 unspecified atom stereocenters. The highest BCUT2D eigenvalue weighted by molar-refractivity contribution is 5.58. The van der Waals surface area contributed by atoms with E-state index < -0.39 is 15.6 Å². The quantitative estimate of drug-likeness (QED) is 0.167. The summed E-state index contributed by atoms with van der Waals surface area (Å²) in [5.41, 5.74) is 2.56. The van der Waals surface area contributed by atoms with Crippen molar-refractivity contribution in [3.63, 3.8) is 0 Å². The number of benzene rings is 4. The number of nitro benzene ring substituents is 2. The third-order valence-corrected chi connectivity index (χ3v) is 6.07. The Labute approximate surface area is 227 Å². The second kappa shape index (κ2) is 11.3. The highest BCUT2D eigenvalue weighted by Gasteiger charge is 2.23. The largest absolute Gasteiger partial charge is 0.458 e. The molecule has 0 saturated heterocycles. The van der Waals surface area contributed by atoms with Gasteiger partial charge in [0, 0.05) is 30.0 Å². The fourth-order valence-electron chi connectivity index (χ4n) is 4.08. The molecule has 5 aromatic rings. The summed E-state index contributed by atoms with van der Waals surface area (Å²) in [5, 5.41) is 28.4. The van der Waals surface area contributed by atoms with E-state index in [-0.39, 0.29) is 30.5 Å². The predicted octanol–water partition coefficient (Wildman–Crippen LogP) is 5.46. The van der Waals surface area contributed by atoms with Gasteiger partial charge in [0.2, 0.25) is 0 Å². The fraction of sp³-hybridized carbons (Fsp3) is 0.0714. The van der Waals surface area contributed by atoms with Crippen LogP contribution in [0.2, 0.25) is 0 Å². The van der Waals surface area contributed by atoms with Gasteiger partial charge in [-0.05, 0) is 35.4 Å². The molecule has 0 aliphatic rings. The minimum atomic E-state index is -0.788. The summed E-state index contributed by atoms with van der Waals surface area (Å²) in [5.74, 6) is -0.788. The number of hydrogen-bond donors (Lipinski definition) is 0. The van der Waals surface area contributed by atoms with E-state index in [4.69, 9.17) is 4.42 Å². The molecule has 0 aliphatic heterocycles. The molecule has 0 bridgehead atoms. The number of anilines is 3. The summed E-state index contributed by atoms with van der Waals surface area (Å²) in [7, 11) is 0. The van der Waals surface area contributed by atoms with Gasteiger partial charge in [0.1, 0.15) is 0 Å². The average Bonchev–Trinajstić information content (AvgIpc) is 3.36. The van der Waals surface area contributed by atoms with Gasteiger partial charge >= 0.3 is 11.8 Å². The van der Waals surface area contributed by atoms with Crippen molar-refractivity contribution in [2.24, 2.45) is 0 Å². The molecule has 0 saturated carbocycles. The molecule has 0 N–H and O–H groups in total. The zero-order valence-corrected chi connectivity index (χ0v) is 20.9. The van der Waals surface area contributed by atoms with E-state index in [9.17, 15) is 25.0 Å². The number of nitro groups is 2. The van der Waals surface area contributed by atoms with Crippen molar-refractivity contribution in [2.75, 3.05) is 9.91 Å². The molecule has 0 atom stereocenters. The van der Waals surface area contributed by atoms with Crippen molar-refractivity contribution in [1.82, 2.24) is 9.89 Å². The van der Waals surface area contributed by atoms with Gasteiger partial charge < -0.3 is 4.42 Å². The van der Waals surface area contributed by atoms with Crippen molar-refractivity contribution in [2.45, 2.75) is 13.1 Å². The predicted molar refractivity (Wildman–Crippen MR) is 147 cm³/mol. The Hall–Kier alpha value is -5.78. The molecule has 1 heterocycles. The topological polar surface area (TPSA) is 141 Å². The number of aromatic nitrogens is 2. The summed E-state index contributed by atoms with van der Waals surface area (Å²) in [6, 6.07) is 30.3. The van der Waals surface area contributed by atoms with Gasteiger partial charge in [-0.25, -0.2) is 4.79 Å². The zero-order valence-electron chi connectivity index (χ0n) is 20.9. The molecular formula is C28H22N6O6. The third kappa shape index (κ3) is 5.70. The van der Waals surface area contributed by atoms with Crippen molar-refractivity contribution in [3.8, 4) is 0 Å². The molecule has 12 heteroatoms. The van der Waals surface area contributed by atoms with Crippen molar-refractivity contribution < 1.29 is 14.3 Å². The van der Waals surface area contributed by atoms with Gasteiger partial charge in [-0.15, -0.1) is 0 Å². The van der Waals surface area contributed by atoms with Crippen LogP contribution in [0.25, 0.3) is 0 Å². The Morgan fingerprint density at radius 1 is 0.675 bits per heavy atom. The van der Waals surface area contributed by atoms with Crippen LogP contribution in [-0.4, -0.2) is 19.7 Å². The van der Waals surface area contributed by atoms with E-state index in [2.05, 4.69) is 5.10 Å². The van der Waals surface area contributed by atoms with Crippen molar-refractivity contribution in [3.05, 3.63) is 151 Å². The van der Waals surface area contributed by atoms with Crippen LogP contribution in [0.4, 0.5) is 28.8 Å². The van der Waals surface area contributed by atoms with Crippen molar-refractivity contribution in [1.29, 1.82) is 0 Å². The minimum absolute atomic E-state index is 0.0392. The number of rotatable bonds is 10. The maximum absolute atomic E-state index is 13.2. The Balaban J connectivity index is 1.57. The van der Waals surface area contributed by atoms with E-state index in [0.29, 0.717) is 11.4 Å². The third-order valence-electron chi connectivity index (χ3n) is 6.07. The lowest BCUT2D eigenvalue weighted by atomic mass is 10.2. The lowest BCUT2D eigenvalue weighted by molar-refractivity contribution is -0.385. The van der Waals surface area contributed by atoms with Crippen LogP contribution in [0.1, 0.15) is 11.1 Å². The molecule has 0 spiro atoms. The monoisotopic (exact) mass is 538 g/mol. The molecule has 0 amide bonds. The SMILES string of the molecule is O=c1oc(N(Cc2ccccc2)c2ccc([N+](=O)[O-])cc2)nn1N(Cc1ccccc1)c1ccc([N+](=O)[O-])cc1. The van der Waals surface area contributed by atoms with E-state index >= 15 is 0 Å². The second-order valence-electron chi connectivity index (χ2n) is 8.70. The Bertz CT molecular complexity index is 1670. The summed E-state index contributed by atoms with van der Waals surface area (Å²) in [6.07, 6.45) is 0. The zero-order chi connectivity index (χ0) is 28.1. The summed E-state index contributed by atoms with van der Waals surface area (Å²) in [4.78, 5) is 37.3. The molecule has 1 aromatic heterocycles. The molecule has 12 nitrogen and oxygen atoms in total. The molecular weight excluding hydrogens is 516 g/mol. The van der Waals surface area contributed by atoms with Gasteiger partial charge in [-0.3, -0.25) is 30.1 Å². The highest BCUT2D eigenvalue weighted by atomic mass is 16.6. The van der Waals surface area contributed by atoms with Crippen LogP contribution in [-0.2, 0) is 13.1 Å². The molecule has 40 heavy (non-hydrogen) atoms. The first-order chi connectivity index (χ1) is 19.4. The first-order valence-electron chi connectivity index (χ1n) is 12.1. The van der Waals surface area contributed by atoms with Crippen molar-refractivity contribution >= 4 is 28.8 Å². The van der Waals surface area contributed by atoms with Crippen LogP contribution in [0, 0.1) is 20.2 Å². The number of hydrogen-bond acceptors (Lipinski definition) is 9. The minimum Gasteiger partial charge on any atom is -0.371 e. The van der Waals surface area contributed by atoms with E-state index in [1.807, 2.05) is 60.7 Å². The number of nitrogens with zero attached hydrogens (tertiary/aromatic N) is 6. The smallest absolute Gasteiger partial charge is 0.371 e. The maximum atomic E-state index is 13.2. The second-order valence-corrected chi connectivity index (χ2v) is 8.70. The van der Waals surface area contributed by atoms with Gasteiger partial charge in [0.25, 0.3) is 11.4 Å². The van der Waals surface area contributed by atoms with Crippen LogP contribution in [0.5, 0.6) is 0 Å². The van der Waals surface area contributed by atoms with Gasteiger partial charge in [-0.1, -0.05) is 70.6 Å². The summed E-state index contributed by atoms with van der Waals surface area (Å²) < 4.78 is 5.62. The van der Waals surface area contributed by atoms with Gasteiger partial charge in [-0.2, -0.15) is 0 Å². The lowest BCUT2D eigenvalue weighted by Crippen LogP contribution is -2.37. The Kier molecular flexibility index (Phi) is 7.31. The maximum Gasteiger partial charge on any atom is 0.458 e. The number of non-ortho nitro benzene ring substituents is 2. The lowest BCUT2D eigenvalue weighted by Gasteiger charge is -2.23. The fourth-order valence-corrected chi connectivity index (χ4v) is 4.08. The molecule has 0 radical (unpaired) electrons. The van der Waals surface area contributed by atoms with Gasteiger partial charge in [0.05, 0.1) is 28.6 Å². The standard InChI is InChI=1S/C28H22N6O6/c35-28-32(31(20-22-9-5-2-6-10-22)24-13-17-26(18-14-24)34(38)39)29-27(40-28)30(19-21-7-3-1-4-8-21)23-11-15-25(16-12-23)33(36)37/h1-18H,19-20H2. The molecule has 0 fully saturated rings. The molecule has 5 rings (SSSR count). The molecule has 4 aromatic carbocycles. The van der Waals surface area contributed by atoms with Crippen LogP contribution in [0.3, 0.4) is 0 Å². The van der Waals surface area contributed by atoms with Crippen LogP contribution >= 0.6 is 0 Å². The van der Waals surface area contributed by atoms with E-state index in [1.54, 1.807) is 22.0 Å². The van der Waals surface area contributed by atoms with Crippen LogP contribution < -0.4 is 15.7 Å². The van der Waals surface area contributed by atoms with E-state index in [0.717, 1.165) is 15.9 Å². The van der Waals surface area contributed by atoms with E-state index in [1.165, 1.54) is 36.4 Å². The highest BCUT2D eigenvalue weighted by Crippen LogP contribution is 2.28. The summed E-state index contributed by atoms with van der Waals surface area (Å²) in [6.45, 7) is 0.468. The van der Waals surface area contributed by atoms with Crippen LogP contribution in [0.15, 0.2) is 118 Å². The molecule has 200 valence electrons. The average molecular weight is 539 g/mol. The van der Waals surface area contributed by atoms with Gasteiger partial charge in [0.15, 0.2) is 0 Å². The Morgan fingerprint density at radius 3 is 1.65 bits per heavy atom. The first-order valence-corrected chi connectivity index (χ1v) is 12.1. The normalized spacial score (nSPS) is 10.7.